The number of nitrogen functional groups attached to an aromatic ring is 1. The van der Waals surface area contributed by atoms with Crippen molar-refractivity contribution in [3.05, 3.63) is 48.2 Å². The van der Waals surface area contributed by atoms with E-state index in [1.54, 1.807) is 13.0 Å². The van der Waals surface area contributed by atoms with Crippen LogP contribution in [0.15, 0.2) is 62.5 Å². The lowest BCUT2D eigenvalue weighted by atomic mass is 10.3. The van der Waals surface area contributed by atoms with Crippen LogP contribution in [0.3, 0.4) is 0 Å². The lowest BCUT2D eigenvalue weighted by molar-refractivity contribution is 0.481. The van der Waals surface area contributed by atoms with E-state index in [0.717, 1.165) is 11.3 Å². The molecule has 2 aromatic heterocycles. The molecule has 0 aliphatic rings. The van der Waals surface area contributed by atoms with Crippen molar-refractivity contribution < 1.29 is 25.9 Å². The van der Waals surface area contributed by atoms with Crippen LogP contribution in [0, 0.1) is 6.92 Å². The fourth-order valence-electron chi connectivity index (χ4n) is 2.82. The highest BCUT2D eigenvalue weighted by Crippen LogP contribution is 2.34. The first-order valence-corrected chi connectivity index (χ1v) is 12.4. The number of azo groups is 1. The van der Waals surface area contributed by atoms with E-state index >= 15 is 0 Å². The Hall–Kier alpha value is -3.24. The molecule has 0 fully saturated rings. The van der Waals surface area contributed by atoms with E-state index in [0.29, 0.717) is 21.6 Å². The maximum Gasteiger partial charge on any atom is 0.294 e. The molecule has 0 aliphatic heterocycles. The van der Waals surface area contributed by atoms with Crippen LogP contribution >= 0.6 is 11.3 Å². The van der Waals surface area contributed by atoms with Crippen LogP contribution in [0.25, 0.3) is 15.9 Å². The van der Waals surface area contributed by atoms with E-state index in [2.05, 4.69) is 20.3 Å². The minimum Gasteiger partial charge on any atom is -0.382 e. The van der Waals surface area contributed by atoms with Gasteiger partial charge in [-0.1, -0.05) is 17.4 Å². The van der Waals surface area contributed by atoms with Gasteiger partial charge in [0.25, 0.3) is 20.2 Å². The molecule has 0 spiro atoms. The molecule has 0 saturated carbocycles. The van der Waals surface area contributed by atoms with Gasteiger partial charge in [0.05, 0.1) is 31.4 Å². The average Bonchev–Trinajstić information content (AvgIpc) is 3.24. The molecule has 32 heavy (non-hydrogen) atoms. The van der Waals surface area contributed by atoms with Gasteiger partial charge < -0.3 is 5.73 Å². The van der Waals surface area contributed by atoms with Gasteiger partial charge in [0.2, 0.25) is 5.13 Å². The van der Waals surface area contributed by atoms with Crippen molar-refractivity contribution in [2.45, 2.75) is 16.7 Å². The molecule has 0 unspecified atom stereocenters. The molecule has 0 aliphatic carbocycles. The van der Waals surface area contributed by atoms with Gasteiger partial charge in [0, 0.05) is 0 Å². The number of anilines is 1. The number of aryl methyl sites for hydroxylation is 1. The van der Waals surface area contributed by atoms with Crippen molar-refractivity contribution in [1.82, 2.24) is 14.8 Å². The highest BCUT2D eigenvalue weighted by Gasteiger charge is 2.17. The summed E-state index contributed by atoms with van der Waals surface area (Å²) >= 11 is 1.14. The first-order chi connectivity index (χ1) is 14.9. The van der Waals surface area contributed by atoms with Crippen LogP contribution < -0.4 is 5.73 Å². The normalized spacial score (nSPS) is 12.7. The Morgan fingerprint density at radius 3 is 2.38 bits per heavy atom. The molecule has 0 amide bonds. The second-order valence-corrected chi connectivity index (χ2v) is 10.4. The molecule has 2 heterocycles. The third kappa shape index (κ3) is 4.23. The molecule has 0 bridgehead atoms. The summed E-state index contributed by atoms with van der Waals surface area (Å²) in [4.78, 5) is 3.58. The Morgan fingerprint density at radius 1 is 1.00 bits per heavy atom. The minimum atomic E-state index is -4.41. The van der Waals surface area contributed by atoms with Crippen molar-refractivity contribution in [2.75, 3.05) is 5.73 Å². The zero-order valence-electron chi connectivity index (χ0n) is 16.1. The summed E-state index contributed by atoms with van der Waals surface area (Å²) in [5, 5.41) is 12.6. The van der Waals surface area contributed by atoms with E-state index in [1.165, 1.54) is 41.1 Å². The van der Waals surface area contributed by atoms with Crippen molar-refractivity contribution in [1.29, 1.82) is 0 Å². The minimum absolute atomic E-state index is 0.0773. The largest absolute Gasteiger partial charge is 0.382 e. The molecule has 4 rings (SSSR count). The lowest BCUT2D eigenvalue weighted by Gasteiger charge is -2.05. The highest BCUT2D eigenvalue weighted by atomic mass is 32.2. The first-order valence-electron chi connectivity index (χ1n) is 8.66. The van der Waals surface area contributed by atoms with Crippen LogP contribution in [0.1, 0.15) is 5.69 Å². The van der Waals surface area contributed by atoms with E-state index in [9.17, 15) is 21.4 Å². The fraction of sp³-hybridized carbons (Fsp3) is 0.0588. The molecule has 2 aromatic carbocycles. The molecular weight excluding hydrogens is 480 g/mol. The summed E-state index contributed by atoms with van der Waals surface area (Å²) in [6.45, 7) is 1.63. The fourth-order valence-corrected chi connectivity index (χ4v) is 4.61. The molecule has 15 heteroatoms. The summed E-state index contributed by atoms with van der Waals surface area (Å²) in [7, 11) is -8.76. The quantitative estimate of drug-likeness (QED) is 0.276. The average molecular weight is 495 g/mol. The Kier molecular flexibility index (Phi) is 5.30. The van der Waals surface area contributed by atoms with Gasteiger partial charge in [-0.25, -0.2) is 9.67 Å². The molecule has 0 atom stereocenters. The molecular formula is C17H14N6O6S3. The van der Waals surface area contributed by atoms with Crippen LogP contribution in [0.2, 0.25) is 0 Å². The summed E-state index contributed by atoms with van der Waals surface area (Å²) < 4.78 is 65.6. The number of hydrogen-bond acceptors (Lipinski definition) is 10. The van der Waals surface area contributed by atoms with Crippen molar-refractivity contribution in [3.63, 3.8) is 0 Å². The Labute approximate surface area is 185 Å². The van der Waals surface area contributed by atoms with Crippen LogP contribution in [-0.2, 0) is 20.2 Å². The first kappa shape index (κ1) is 22.0. The van der Waals surface area contributed by atoms with E-state index in [1.807, 2.05) is 0 Å². The smallest absolute Gasteiger partial charge is 0.294 e. The molecule has 0 saturated heterocycles. The van der Waals surface area contributed by atoms with Gasteiger partial charge in [-0.15, -0.1) is 10.2 Å². The predicted molar refractivity (Wildman–Crippen MR) is 116 cm³/mol. The maximum atomic E-state index is 11.4. The van der Waals surface area contributed by atoms with Gasteiger partial charge in [0.15, 0.2) is 11.5 Å². The van der Waals surface area contributed by atoms with Crippen molar-refractivity contribution >= 4 is 58.4 Å². The number of fused-ring (bicyclic) bond motifs is 1. The summed E-state index contributed by atoms with van der Waals surface area (Å²) in [5.41, 5.74) is 7.36. The molecule has 4 aromatic rings. The summed E-state index contributed by atoms with van der Waals surface area (Å²) in [5.74, 6) is 0.0773. The SMILES string of the molecule is Cc1nn(-c2cccc(S(=O)(=O)O)c2)c(N)c1N=Nc1nc2cc(S(=O)(=O)O)ccc2s1. The van der Waals surface area contributed by atoms with Crippen LogP contribution in [0.4, 0.5) is 16.6 Å². The number of thiazole rings is 1. The van der Waals surface area contributed by atoms with Crippen molar-refractivity contribution in [3.8, 4) is 5.69 Å². The lowest BCUT2D eigenvalue weighted by Crippen LogP contribution is -2.04. The van der Waals surface area contributed by atoms with Gasteiger partial charge in [-0.2, -0.15) is 21.9 Å². The standard InChI is InChI=1S/C17H14N6O6S3/c1-9-15(16(18)23(22-9)10-3-2-4-11(7-10)31(24,25)26)20-21-17-19-13-8-12(32(27,28)29)5-6-14(13)30-17/h2-8H,18H2,1H3,(H,24,25,26)(H,27,28,29). The zero-order chi connectivity index (χ0) is 23.3. The number of hydrogen-bond donors (Lipinski definition) is 3. The summed E-state index contributed by atoms with van der Waals surface area (Å²) in [6.07, 6.45) is 0. The third-order valence-corrected chi connectivity index (χ3v) is 6.92. The third-order valence-electron chi connectivity index (χ3n) is 4.30. The van der Waals surface area contributed by atoms with Crippen LogP contribution in [-0.4, -0.2) is 40.7 Å². The maximum absolute atomic E-state index is 11.4. The number of aromatic nitrogens is 3. The predicted octanol–water partition coefficient (Wildman–Crippen LogP) is 3.28. The van der Waals surface area contributed by atoms with E-state index < -0.39 is 20.2 Å². The van der Waals surface area contributed by atoms with E-state index in [-0.39, 0.29) is 26.4 Å². The van der Waals surface area contributed by atoms with Crippen LogP contribution in [0.5, 0.6) is 0 Å². The summed E-state index contributed by atoms with van der Waals surface area (Å²) in [6, 6.07) is 9.39. The zero-order valence-corrected chi connectivity index (χ0v) is 18.6. The molecule has 166 valence electrons. The highest BCUT2D eigenvalue weighted by molar-refractivity contribution is 7.86. The van der Waals surface area contributed by atoms with Gasteiger partial charge >= 0.3 is 0 Å². The monoisotopic (exact) mass is 494 g/mol. The second-order valence-electron chi connectivity index (χ2n) is 6.50. The second kappa shape index (κ2) is 7.72. The topological polar surface area (TPSA) is 190 Å². The number of nitrogens with two attached hydrogens (primary N) is 1. The molecule has 12 nitrogen and oxygen atoms in total. The van der Waals surface area contributed by atoms with E-state index in [4.69, 9.17) is 10.3 Å². The number of rotatable bonds is 5. The molecule has 0 radical (unpaired) electrons. The number of benzene rings is 2. The van der Waals surface area contributed by atoms with Gasteiger partial charge in [-0.3, -0.25) is 9.11 Å². The van der Waals surface area contributed by atoms with Gasteiger partial charge in [0.1, 0.15) is 0 Å². The Balaban J connectivity index is 1.70. The Bertz CT molecular complexity index is 1600. The van der Waals surface area contributed by atoms with Gasteiger partial charge in [-0.05, 0) is 43.3 Å². The molecule has 4 N–H and O–H groups in total. The van der Waals surface area contributed by atoms with Crippen molar-refractivity contribution in [2.24, 2.45) is 10.2 Å². The Morgan fingerprint density at radius 2 is 1.69 bits per heavy atom. The number of nitrogens with zero attached hydrogens (tertiary/aromatic N) is 5.